The molecule has 2 atom stereocenters. The number of thioether (sulfide) groups is 1. The van der Waals surface area contributed by atoms with E-state index in [1.54, 1.807) is 36.2 Å². The number of para-hydroxylation sites is 1. The number of nitrogens with one attached hydrogen (secondary N) is 2. The zero-order chi connectivity index (χ0) is 23.5. The second-order valence-electron chi connectivity index (χ2n) is 8.06. The number of nitrogens with zero attached hydrogens (tertiary/aromatic N) is 2. The number of hydrogen-bond acceptors (Lipinski definition) is 7. The smallest absolute Gasteiger partial charge is 0.196 e. The molecule has 1 fully saturated rings. The maximum absolute atomic E-state index is 13.4. The fourth-order valence-corrected chi connectivity index (χ4v) is 5.67. The van der Waals surface area contributed by atoms with Crippen molar-refractivity contribution in [3.05, 3.63) is 77.2 Å². The predicted molar refractivity (Wildman–Crippen MR) is 135 cm³/mol. The van der Waals surface area contributed by atoms with Crippen LogP contribution in [0.5, 0.6) is 11.5 Å². The Morgan fingerprint density at radius 3 is 2.71 bits per heavy atom. The Balaban J connectivity index is 1.38. The van der Waals surface area contributed by atoms with Gasteiger partial charge in [0.2, 0.25) is 0 Å². The molecular weight excluding hydrogens is 472 g/mol. The maximum atomic E-state index is 13.4. The maximum Gasteiger partial charge on any atom is 0.196 e. The van der Waals surface area contributed by atoms with E-state index < -0.39 is 0 Å². The molecule has 3 heterocycles. The largest absolute Gasteiger partial charge is 0.457 e. The SMILES string of the molecule is O=C(c1ccc(Oc2ccccc2)cc1Cl)c1c[nH]c2ncnc(NCC3CCC(CO)S3)c12. The lowest BCUT2D eigenvalue weighted by molar-refractivity contribution is 0.104. The topological polar surface area (TPSA) is 100 Å². The number of carbonyl (C=O) groups is 1. The fraction of sp³-hybridized carbons (Fsp3) is 0.240. The van der Waals surface area contributed by atoms with Crippen molar-refractivity contribution in [3.63, 3.8) is 0 Å². The highest BCUT2D eigenvalue weighted by molar-refractivity contribution is 8.00. The van der Waals surface area contributed by atoms with Crippen LogP contribution in [-0.2, 0) is 0 Å². The number of aliphatic hydroxyl groups excluding tert-OH is 1. The number of aromatic nitrogens is 3. The van der Waals surface area contributed by atoms with E-state index in [2.05, 4.69) is 20.3 Å². The van der Waals surface area contributed by atoms with Crippen LogP contribution in [0.15, 0.2) is 61.1 Å². The second kappa shape index (κ2) is 10.0. The summed E-state index contributed by atoms with van der Waals surface area (Å²) in [5.41, 5.74) is 1.40. The van der Waals surface area contributed by atoms with Crippen LogP contribution in [0.25, 0.3) is 11.0 Å². The molecule has 5 rings (SSSR count). The Labute approximate surface area is 205 Å². The molecule has 2 aromatic heterocycles. The molecule has 1 aliphatic heterocycles. The number of fused-ring (bicyclic) bond motifs is 1. The Kier molecular flexibility index (Phi) is 6.71. The minimum atomic E-state index is -0.226. The van der Waals surface area contributed by atoms with Crippen molar-refractivity contribution in [2.24, 2.45) is 0 Å². The Hall–Kier alpha value is -3.07. The zero-order valence-corrected chi connectivity index (χ0v) is 19.8. The molecule has 2 unspecified atom stereocenters. The van der Waals surface area contributed by atoms with Crippen LogP contribution < -0.4 is 10.1 Å². The van der Waals surface area contributed by atoms with Gasteiger partial charge in [-0.2, -0.15) is 11.8 Å². The summed E-state index contributed by atoms with van der Waals surface area (Å²) in [7, 11) is 0. The summed E-state index contributed by atoms with van der Waals surface area (Å²) >= 11 is 8.28. The number of hydrogen-bond donors (Lipinski definition) is 3. The molecule has 0 saturated carbocycles. The molecule has 2 aromatic carbocycles. The van der Waals surface area contributed by atoms with Crippen LogP contribution in [0.2, 0.25) is 5.02 Å². The van der Waals surface area contributed by atoms with E-state index in [1.165, 1.54) is 6.33 Å². The van der Waals surface area contributed by atoms with E-state index in [0.717, 1.165) is 12.8 Å². The average Bonchev–Trinajstić information content (AvgIpc) is 3.50. The fourth-order valence-electron chi connectivity index (χ4n) is 4.06. The third-order valence-electron chi connectivity index (χ3n) is 5.77. The van der Waals surface area contributed by atoms with E-state index in [1.807, 2.05) is 30.3 Å². The number of ketones is 1. The number of H-pyrrole nitrogens is 1. The van der Waals surface area contributed by atoms with E-state index in [-0.39, 0.29) is 17.6 Å². The summed E-state index contributed by atoms with van der Waals surface area (Å²) in [5.74, 6) is 1.61. The molecule has 0 aliphatic carbocycles. The summed E-state index contributed by atoms with van der Waals surface area (Å²) in [6.07, 6.45) is 5.15. The van der Waals surface area contributed by atoms with Crippen molar-refractivity contribution >= 4 is 46.0 Å². The van der Waals surface area contributed by atoms with Crippen molar-refractivity contribution < 1.29 is 14.6 Å². The first kappa shape index (κ1) is 22.7. The third kappa shape index (κ3) is 4.75. The first-order chi connectivity index (χ1) is 16.6. The average molecular weight is 495 g/mol. The first-order valence-electron chi connectivity index (χ1n) is 11.0. The number of ether oxygens (including phenoxy) is 1. The number of rotatable bonds is 8. The molecule has 1 saturated heterocycles. The zero-order valence-electron chi connectivity index (χ0n) is 18.2. The van der Waals surface area contributed by atoms with Gasteiger partial charge in [0, 0.05) is 34.9 Å². The Morgan fingerprint density at radius 1 is 1.12 bits per heavy atom. The van der Waals surface area contributed by atoms with Gasteiger partial charge in [0.25, 0.3) is 0 Å². The summed E-state index contributed by atoms with van der Waals surface area (Å²) in [5, 5.41) is 14.4. The van der Waals surface area contributed by atoms with Gasteiger partial charge in [-0.15, -0.1) is 0 Å². The second-order valence-corrected chi connectivity index (χ2v) is 10.1. The number of aliphatic hydroxyl groups is 1. The van der Waals surface area contributed by atoms with Gasteiger partial charge in [0.1, 0.15) is 29.3 Å². The molecule has 7 nitrogen and oxygen atoms in total. The van der Waals surface area contributed by atoms with Gasteiger partial charge in [-0.05, 0) is 37.1 Å². The molecular formula is C25H23ClN4O3S. The summed E-state index contributed by atoms with van der Waals surface area (Å²) < 4.78 is 5.82. The van der Waals surface area contributed by atoms with Gasteiger partial charge < -0.3 is 20.1 Å². The molecule has 4 aromatic rings. The Morgan fingerprint density at radius 2 is 1.94 bits per heavy atom. The van der Waals surface area contributed by atoms with E-state index in [9.17, 15) is 9.90 Å². The van der Waals surface area contributed by atoms with E-state index in [4.69, 9.17) is 16.3 Å². The molecule has 3 N–H and O–H groups in total. The molecule has 1 aliphatic rings. The number of aromatic amines is 1. The summed E-state index contributed by atoms with van der Waals surface area (Å²) in [4.78, 5) is 25.2. The number of carbonyl (C=O) groups excluding carboxylic acids is 1. The highest BCUT2D eigenvalue weighted by Gasteiger charge is 2.26. The summed E-state index contributed by atoms with van der Waals surface area (Å²) in [6.45, 7) is 0.893. The van der Waals surface area contributed by atoms with Gasteiger partial charge in [-0.1, -0.05) is 29.8 Å². The standard InChI is InChI=1S/C25H23ClN4O3S/c26-21-10-16(33-15-4-2-1-3-5-15)6-9-19(21)23(32)20-12-28-25-22(20)24(29-14-30-25)27-11-17-7-8-18(13-31)34-17/h1-6,9-10,12,14,17-18,31H,7-8,11,13H2,(H2,27,28,29,30). The molecule has 0 spiro atoms. The van der Waals surface area contributed by atoms with Crippen LogP contribution in [-0.4, -0.2) is 49.5 Å². The van der Waals surface area contributed by atoms with Crippen LogP contribution in [0.1, 0.15) is 28.8 Å². The minimum absolute atomic E-state index is 0.200. The lowest BCUT2D eigenvalue weighted by atomic mass is 10.0. The normalized spacial score (nSPS) is 17.7. The van der Waals surface area contributed by atoms with Crippen molar-refractivity contribution in [3.8, 4) is 11.5 Å². The van der Waals surface area contributed by atoms with Gasteiger partial charge in [-0.3, -0.25) is 4.79 Å². The highest BCUT2D eigenvalue weighted by Crippen LogP contribution is 2.34. The number of halogens is 1. The lowest BCUT2D eigenvalue weighted by Crippen LogP contribution is -2.15. The highest BCUT2D eigenvalue weighted by atomic mass is 35.5. The minimum Gasteiger partial charge on any atom is -0.457 e. The van der Waals surface area contributed by atoms with Gasteiger partial charge in [0.05, 0.1) is 22.6 Å². The first-order valence-corrected chi connectivity index (χ1v) is 12.3. The van der Waals surface area contributed by atoms with Crippen molar-refractivity contribution in [2.75, 3.05) is 18.5 Å². The summed E-state index contributed by atoms with van der Waals surface area (Å²) in [6, 6.07) is 14.4. The number of benzene rings is 2. The van der Waals surface area contributed by atoms with Crippen LogP contribution in [0.3, 0.4) is 0 Å². The predicted octanol–water partition coefficient (Wildman–Crippen LogP) is 5.30. The number of anilines is 1. The van der Waals surface area contributed by atoms with Crippen molar-refractivity contribution in [2.45, 2.75) is 23.3 Å². The van der Waals surface area contributed by atoms with E-state index in [0.29, 0.717) is 56.3 Å². The van der Waals surface area contributed by atoms with Crippen LogP contribution >= 0.6 is 23.4 Å². The quantitative estimate of drug-likeness (QED) is 0.286. The molecule has 174 valence electrons. The molecule has 0 radical (unpaired) electrons. The third-order valence-corrected chi connectivity index (χ3v) is 7.64. The van der Waals surface area contributed by atoms with Gasteiger partial charge in [-0.25, -0.2) is 9.97 Å². The van der Waals surface area contributed by atoms with Crippen molar-refractivity contribution in [1.29, 1.82) is 0 Å². The Bertz CT molecular complexity index is 1310. The monoisotopic (exact) mass is 494 g/mol. The van der Waals surface area contributed by atoms with Gasteiger partial charge in [0.15, 0.2) is 5.78 Å². The van der Waals surface area contributed by atoms with E-state index >= 15 is 0 Å². The molecule has 34 heavy (non-hydrogen) atoms. The van der Waals surface area contributed by atoms with Crippen LogP contribution in [0, 0.1) is 0 Å². The van der Waals surface area contributed by atoms with Gasteiger partial charge >= 0.3 is 0 Å². The van der Waals surface area contributed by atoms with Crippen molar-refractivity contribution in [1.82, 2.24) is 15.0 Å². The molecule has 0 amide bonds. The lowest BCUT2D eigenvalue weighted by Gasteiger charge is -2.13. The molecule has 9 heteroatoms. The van der Waals surface area contributed by atoms with Crippen LogP contribution in [0.4, 0.5) is 5.82 Å². The molecule has 0 bridgehead atoms.